The number of nitrogens with zero attached hydrogens (tertiary/aromatic N) is 1. The third-order valence-corrected chi connectivity index (χ3v) is 3.74. The Labute approximate surface area is 126 Å². The van der Waals surface area contributed by atoms with Gasteiger partial charge >= 0.3 is 12.2 Å². The fourth-order valence-electron chi connectivity index (χ4n) is 2.74. The first kappa shape index (κ1) is 14.1. The molecule has 2 amide bonds. The van der Waals surface area contributed by atoms with Gasteiger partial charge in [0.25, 0.3) is 0 Å². The lowest BCUT2D eigenvalue weighted by Crippen LogP contribution is -2.42. The molecule has 0 aliphatic heterocycles. The van der Waals surface area contributed by atoms with E-state index in [4.69, 9.17) is 15.7 Å². The van der Waals surface area contributed by atoms with Crippen LogP contribution in [-0.2, 0) is 4.74 Å². The second-order valence-electron chi connectivity index (χ2n) is 4.96. The number of rotatable bonds is 2. The van der Waals surface area contributed by atoms with E-state index in [1.807, 2.05) is 48.5 Å². The number of fused-ring (bicyclic) bond motifs is 3. The monoisotopic (exact) mass is 298 g/mol. The highest BCUT2D eigenvalue weighted by atomic mass is 16.6. The van der Waals surface area contributed by atoms with Crippen molar-refractivity contribution in [1.29, 1.82) is 0 Å². The number of carboxylic acid groups (broad SMARTS) is 1. The summed E-state index contributed by atoms with van der Waals surface area (Å²) >= 11 is 0. The molecule has 0 spiro atoms. The number of carbonyl (C=O) groups excluding carboxylic acids is 1. The van der Waals surface area contributed by atoms with Crippen molar-refractivity contribution in [3.63, 3.8) is 0 Å². The Balaban J connectivity index is 1.85. The predicted octanol–water partition coefficient (Wildman–Crippen LogP) is 2.79. The summed E-state index contributed by atoms with van der Waals surface area (Å²) in [7, 11) is 0. The van der Waals surface area contributed by atoms with E-state index in [0.717, 1.165) is 22.3 Å². The number of ether oxygens (including phenoxy) is 1. The lowest BCUT2D eigenvalue weighted by molar-refractivity contribution is 0.0926. The molecule has 112 valence electrons. The van der Waals surface area contributed by atoms with Crippen LogP contribution >= 0.6 is 0 Å². The number of carbonyl (C=O) groups is 2. The third-order valence-electron chi connectivity index (χ3n) is 3.74. The maximum Gasteiger partial charge on any atom is 0.434 e. The minimum atomic E-state index is -1.56. The number of benzene rings is 2. The zero-order valence-corrected chi connectivity index (χ0v) is 11.6. The Hall–Kier alpha value is -2.86. The molecule has 1 aliphatic rings. The largest absolute Gasteiger partial charge is 0.464 e. The van der Waals surface area contributed by atoms with Crippen LogP contribution in [0, 0.1) is 0 Å². The summed E-state index contributed by atoms with van der Waals surface area (Å²) in [5.41, 5.74) is 4.30. The molecule has 0 radical (unpaired) electrons. The minimum Gasteiger partial charge on any atom is -0.464 e. The lowest BCUT2D eigenvalue weighted by Gasteiger charge is -2.16. The van der Waals surface area contributed by atoms with Gasteiger partial charge in [-0.15, -0.1) is 5.01 Å². The first-order valence-corrected chi connectivity index (χ1v) is 6.72. The zero-order valence-electron chi connectivity index (χ0n) is 11.6. The summed E-state index contributed by atoms with van der Waals surface area (Å²) in [4.78, 5) is 22.2. The van der Waals surface area contributed by atoms with E-state index < -0.39 is 12.2 Å². The molecular formula is C16H14N2O4. The molecule has 0 bridgehead atoms. The van der Waals surface area contributed by atoms with Gasteiger partial charge in [-0.25, -0.2) is 15.4 Å². The number of hydrogen-bond donors (Lipinski definition) is 2. The van der Waals surface area contributed by atoms with E-state index >= 15 is 0 Å². The van der Waals surface area contributed by atoms with Gasteiger partial charge in [-0.1, -0.05) is 48.5 Å². The van der Waals surface area contributed by atoms with Crippen molar-refractivity contribution in [3.8, 4) is 11.1 Å². The molecular weight excluding hydrogens is 284 g/mol. The van der Waals surface area contributed by atoms with Crippen LogP contribution in [0.5, 0.6) is 0 Å². The van der Waals surface area contributed by atoms with Crippen molar-refractivity contribution >= 4 is 12.2 Å². The van der Waals surface area contributed by atoms with Crippen LogP contribution in [0.2, 0.25) is 0 Å². The Bertz CT molecular complexity index is 699. The summed E-state index contributed by atoms with van der Waals surface area (Å²) < 4.78 is 5.04. The van der Waals surface area contributed by atoms with E-state index in [-0.39, 0.29) is 17.5 Å². The van der Waals surface area contributed by atoms with Crippen molar-refractivity contribution < 1.29 is 19.4 Å². The van der Waals surface area contributed by atoms with Gasteiger partial charge in [0.1, 0.15) is 6.61 Å². The van der Waals surface area contributed by atoms with Gasteiger partial charge in [-0.3, -0.25) is 0 Å². The smallest absolute Gasteiger partial charge is 0.434 e. The quantitative estimate of drug-likeness (QED) is 0.505. The maximum absolute atomic E-state index is 11.6. The molecule has 0 unspecified atom stereocenters. The van der Waals surface area contributed by atoms with Crippen LogP contribution in [0.15, 0.2) is 48.5 Å². The Morgan fingerprint density at radius 1 is 1.05 bits per heavy atom. The number of hydrogen-bond acceptors (Lipinski definition) is 4. The molecule has 0 atom stereocenters. The van der Waals surface area contributed by atoms with Crippen molar-refractivity contribution in [1.82, 2.24) is 5.01 Å². The van der Waals surface area contributed by atoms with E-state index in [1.54, 1.807) is 0 Å². The van der Waals surface area contributed by atoms with Crippen LogP contribution in [-0.4, -0.2) is 28.9 Å². The molecule has 1 aliphatic carbocycles. The standard InChI is InChI=1S/C16H14N2O4/c17-18(15(19)20)16(21)22-9-14-12-7-3-1-5-10(12)11-6-2-4-8-13(11)14/h1-8,14H,9,17H2,(H,19,20). The molecule has 0 saturated heterocycles. The SMILES string of the molecule is NN(C(=O)O)C(=O)OCC1c2ccccc2-c2ccccc21. The molecule has 3 N–H and O–H groups in total. The Kier molecular flexibility index (Phi) is 3.52. The summed E-state index contributed by atoms with van der Waals surface area (Å²) in [6.45, 7) is 0.0356. The van der Waals surface area contributed by atoms with Gasteiger partial charge in [-0.05, 0) is 22.3 Å². The molecule has 0 heterocycles. The number of hydrazine groups is 1. The summed E-state index contributed by atoms with van der Waals surface area (Å²) in [5.74, 6) is 4.97. The maximum atomic E-state index is 11.6. The average Bonchev–Trinajstić information content (AvgIpc) is 2.86. The highest BCUT2D eigenvalue weighted by Gasteiger charge is 2.30. The van der Waals surface area contributed by atoms with Crippen molar-refractivity contribution in [2.75, 3.05) is 6.61 Å². The summed E-state index contributed by atoms with van der Waals surface area (Å²) in [6.07, 6.45) is -2.65. The molecule has 0 aromatic heterocycles. The molecule has 2 aromatic rings. The van der Waals surface area contributed by atoms with Crippen molar-refractivity contribution in [3.05, 3.63) is 59.7 Å². The predicted molar refractivity (Wildman–Crippen MR) is 79.1 cm³/mol. The van der Waals surface area contributed by atoms with Gasteiger partial charge < -0.3 is 9.84 Å². The first-order valence-electron chi connectivity index (χ1n) is 6.72. The van der Waals surface area contributed by atoms with Gasteiger partial charge in [0.2, 0.25) is 0 Å². The average molecular weight is 298 g/mol. The third kappa shape index (κ3) is 2.29. The highest BCUT2D eigenvalue weighted by Crippen LogP contribution is 2.44. The normalized spacial score (nSPS) is 12.4. The van der Waals surface area contributed by atoms with E-state index in [1.165, 1.54) is 0 Å². The van der Waals surface area contributed by atoms with Crippen LogP contribution in [0.4, 0.5) is 9.59 Å². The fourth-order valence-corrected chi connectivity index (χ4v) is 2.74. The van der Waals surface area contributed by atoms with Crippen molar-refractivity contribution in [2.45, 2.75) is 5.92 Å². The zero-order chi connectivity index (χ0) is 15.7. The second kappa shape index (κ2) is 5.50. The number of imide groups is 1. The molecule has 6 heteroatoms. The van der Waals surface area contributed by atoms with Crippen LogP contribution in [0.1, 0.15) is 17.0 Å². The first-order chi connectivity index (χ1) is 10.6. The van der Waals surface area contributed by atoms with Crippen LogP contribution < -0.4 is 5.84 Å². The van der Waals surface area contributed by atoms with Gasteiger partial charge in [0, 0.05) is 5.92 Å². The highest BCUT2D eigenvalue weighted by molar-refractivity contribution is 5.86. The molecule has 3 rings (SSSR count). The molecule has 0 fully saturated rings. The van der Waals surface area contributed by atoms with Gasteiger partial charge in [0.15, 0.2) is 0 Å². The van der Waals surface area contributed by atoms with Gasteiger partial charge in [0.05, 0.1) is 0 Å². The minimum absolute atomic E-state index is 0.0345. The topological polar surface area (TPSA) is 92.9 Å². The molecule has 2 aromatic carbocycles. The summed E-state index contributed by atoms with van der Waals surface area (Å²) in [5, 5.41) is 8.69. The summed E-state index contributed by atoms with van der Waals surface area (Å²) in [6, 6.07) is 15.7. The Morgan fingerprint density at radius 3 is 2.05 bits per heavy atom. The van der Waals surface area contributed by atoms with E-state index in [9.17, 15) is 9.59 Å². The lowest BCUT2D eigenvalue weighted by atomic mass is 9.98. The number of nitrogens with two attached hydrogens (primary N) is 1. The van der Waals surface area contributed by atoms with Crippen molar-refractivity contribution in [2.24, 2.45) is 5.84 Å². The fraction of sp³-hybridized carbons (Fsp3) is 0.125. The van der Waals surface area contributed by atoms with Crippen LogP contribution in [0.25, 0.3) is 11.1 Å². The van der Waals surface area contributed by atoms with E-state index in [2.05, 4.69) is 0 Å². The Morgan fingerprint density at radius 2 is 1.55 bits per heavy atom. The second-order valence-corrected chi connectivity index (χ2v) is 4.96. The molecule has 0 saturated carbocycles. The number of amides is 2. The van der Waals surface area contributed by atoms with Gasteiger partial charge in [-0.2, -0.15) is 0 Å². The van der Waals surface area contributed by atoms with E-state index in [0.29, 0.717) is 0 Å². The molecule has 22 heavy (non-hydrogen) atoms. The van der Waals surface area contributed by atoms with Crippen LogP contribution in [0.3, 0.4) is 0 Å². The molecule has 6 nitrogen and oxygen atoms in total.